The number of fused-ring (bicyclic) bond motifs is 3. The predicted molar refractivity (Wildman–Crippen MR) is 112 cm³/mol. The quantitative estimate of drug-likeness (QED) is 0.500. The van der Waals surface area contributed by atoms with Crippen LogP contribution in [0.1, 0.15) is 49.4 Å². The highest BCUT2D eigenvalue weighted by atomic mass is 32.2. The van der Waals surface area contributed by atoms with Crippen molar-refractivity contribution in [3.63, 3.8) is 0 Å². The Labute approximate surface area is 171 Å². The van der Waals surface area contributed by atoms with Gasteiger partial charge in [0.05, 0.1) is 17.6 Å². The van der Waals surface area contributed by atoms with Gasteiger partial charge in [0, 0.05) is 17.2 Å². The molecule has 1 amide bonds. The van der Waals surface area contributed by atoms with Gasteiger partial charge in [-0.1, -0.05) is 0 Å². The molecule has 28 heavy (non-hydrogen) atoms. The second-order valence-corrected chi connectivity index (χ2v) is 8.92. The fraction of sp³-hybridized carbons (Fsp3) is 0.579. The first-order chi connectivity index (χ1) is 13.5. The number of thiophene rings is 1. The fourth-order valence-corrected chi connectivity index (χ4v) is 5.30. The average molecular weight is 424 g/mol. The SMILES string of the molecule is CCNC(=O)[C@@H](C)OC(=O)CCSCc1nc2sc3c(c2c(=O)[nH]1)CCCC3. The van der Waals surface area contributed by atoms with Gasteiger partial charge in [0.2, 0.25) is 0 Å². The van der Waals surface area contributed by atoms with Crippen molar-refractivity contribution in [2.24, 2.45) is 0 Å². The number of esters is 1. The zero-order chi connectivity index (χ0) is 20.1. The van der Waals surface area contributed by atoms with Crippen LogP contribution in [-0.4, -0.2) is 40.2 Å². The molecule has 0 spiro atoms. The number of amides is 1. The highest BCUT2D eigenvalue weighted by molar-refractivity contribution is 7.98. The highest BCUT2D eigenvalue weighted by Crippen LogP contribution is 2.33. The average Bonchev–Trinajstić information content (AvgIpc) is 3.04. The Morgan fingerprint density at radius 3 is 2.93 bits per heavy atom. The number of aromatic amines is 1. The number of hydrogen-bond donors (Lipinski definition) is 2. The van der Waals surface area contributed by atoms with Gasteiger partial charge >= 0.3 is 5.97 Å². The molecule has 0 bridgehead atoms. The van der Waals surface area contributed by atoms with E-state index in [1.54, 1.807) is 18.3 Å². The minimum atomic E-state index is -0.789. The predicted octanol–water partition coefficient (Wildman–Crippen LogP) is 2.55. The van der Waals surface area contributed by atoms with E-state index in [1.165, 1.54) is 28.6 Å². The summed E-state index contributed by atoms with van der Waals surface area (Å²) in [6, 6.07) is 0. The maximum atomic E-state index is 12.5. The Hall–Kier alpha value is -1.87. The molecule has 3 rings (SSSR count). The number of nitrogens with zero attached hydrogens (tertiary/aromatic N) is 1. The summed E-state index contributed by atoms with van der Waals surface area (Å²) < 4.78 is 5.10. The number of hydrogen-bond acceptors (Lipinski definition) is 7. The molecule has 152 valence electrons. The highest BCUT2D eigenvalue weighted by Gasteiger charge is 2.20. The Morgan fingerprint density at radius 1 is 1.36 bits per heavy atom. The third-order valence-corrected chi connectivity index (χ3v) is 6.75. The van der Waals surface area contributed by atoms with Crippen molar-refractivity contribution in [3.8, 4) is 0 Å². The molecule has 2 aromatic rings. The lowest BCUT2D eigenvalue weighted by atomic mass is 9.97. The van der Waals surface area contributed by atoms with Gasteiger partial charge in [0.1, 0.15) is 10.7 Å². The molecule has 0 saturated heterocycles. The van der Waals surface area contributed by atoms with Gasteiger partial charge in [-0.05, 0) is 45.1 Å². The Morgan fingerprint density at radius 2 is 2.14 bits per heavy atom. The Balaban J connectivity index is 1.51. The largest absolute Gasteiger partial charge is 0.453 e. The summed E-state index contributed by atoms with van der Waals surface area (Å²) in [6.45, 7) is 3.87. The number of ether oxygens (including phenoxy) is 1. The molecule has 1 aliphatic rings. The molecule has 2 heterocycles. The van der Waals surface area contributed by atoms with Crippen LogP contribution in [0.5, 0.6) is 0 Å². The van der Waals surface area contributed by atoms with Crippen LogP contribution in [0.2, 0.25) is 0 Å². The Bertz CT molecular complexity index is 922. The van der Waals surface area contributed by atoms with Crippen molar-refractivity contribution in [3.05, 3.63) is 26.6 Å². The van der Waals surface area contributed by atoms with Gasteiger partial charge < -0.3 is 15.0 Å². The van der Waals surface area contributed by atoms with Gasteiger partial charge in [-0.25, -0.2) is 4.98 Å². The summed E-state index contributed by atoms with van der Waals surface area (Å²) in [5.41, 5.74) is 1.12. The monoisotopic (exact) mass is 423 g/mol. The molecule has 0 radical (unpaired) electrons. The first-order valence-corrected chi connectivity index (χ1v) is 11.5. The number of carbonyl (C=O) groups excluding carboxylic acids is 2. The number of carbonyl (C=O) groups is 2. The molecule has 2 aromatic heterocycles. The maximum Gasteiger partial charge on any atom is 0.307 e. The minimum absolute atomic E-state index is 0.0600. The molecular formula is C19H25N3O4S2. The van der Waals surface area contributed by atoms with Crippen LogP contribution < -0.4 is 10.9 Å². The lowest BCUT2D eigenvalue weighted by Crippen LogP contribution is -2.35. The van der Waals surface area contributed by atoms with Gasteiger partial charge in [-0.15, -0.1) is 11.3 Å². The summed E-state index contributed by atoms with van der Waals surface area (Å²) >= 11 is 3.14. The van der Waals surface area contributed by atoms with Crippen molar-refractivity contribution in [2.75, 3.05) is 12.3 Å². The van der Waals surface area contributed by atoms with E-state index in [-0.39, 0.29) is 17.9 Å². The second kappa shape index (κ2) is 9.56. The molecule has 0 saturated carbocycles. The fourth-order valence-electron chi connectivity index (χ4n) is 3.23. The van der Waals surface area contributed by atoms with Crippen molar-refractivity contribution in [1.29, 1.82) is 0 Å². The third-order valence-electron chi connectivity index (χ3n) is 4.59. The number of nitrogens with one attached hydrogen (secondary N) is 2. The molecular weight excluding hydrogens is 398 g/mol. The lowest BCUT2D eigenvalue weighted by molar-refractivity contribution is -0.154. The summed E-state index contributed by atoms with van der Waals surface area (Å²) in [4.78, 5) is 45.5. The van der Waals surface area contributed by atoms with Crippen LogP contribution >= 0.6 is 23.1 Å². The lowest BCUT2D eigenvalue weighted by Gasteiger charge is -2.12. The van der Waals surface area contributed by atoms with Crippen molar-refractivity contribution in [1.82, 2.24) is 15.3 Å². The Kier molecular flexibility index (Phi) is 7.12. The van der Waals surface area contributed by atoms with Crippen molar-refractivity contribution < 1.29 is 14.3 Å². The second-order valence-electron chi connectivity index (χ2n) is 6.73. The minimum Gasteiger partial charge on any atom is -0.453 e. The molecule has 1 aliphatic carbocycles. The zero-order valence-electron chi connectivity index (χ0n) is 16.1. The topological polar surface area (TPSA) is 101 Å². The van der Waals surface area contributed by atoms with E-state index < -0.39 is 12.1 Å². The van der Waals surface area contributed by atoms with Crippen molar-refractivity contribution >= 4 is 45.2 Å². The van der Waals surface area contributed by atoms with Crippen molar-refractivity contribution in [2.45, 2.75) is 57.8 Å². The van der Waals surface area contributed by atoms with E-state index in [9.17, 15) is 14.4 Å². The first kappa shape index (κ1) is 20.9. The van der Waals surface area contributed by atoms with Gasteiger partial charge in [0.25, 0.3) is 11.5 Å². The molecule has 0 fully saturated rings. The van der Waals surface area contributed by atoms with E-state index >= 15 is 0 Å². The van der Waals surface area contributed by atoms with Crippen LogP contribution in [0.3, 0.4) is 0 Å². The maximum absolute atomic E-state index is 12.5. The zero-order valence-corrected chi connectivity index (χ0v) is 17.8. The van der Waals surface area contributed by atoms with E-state index in [1.807, 2.05) is 6.92 Å². The van der Waals surface area contributed by atoms with Gasteiger partial charge in [0.15, 0.2) is 6.10 Å². The number of thioether (sulfide) groups is 1. The van der Waals surface area contributed by atoms with Crippen LogP contribution in [0.15, 0.2) is 4.79 Å². The standard InChI is InChI=1S/C19H25N3O4S2/c1-3-20-17(24)11(2)26-15(23)8-9-27-10-14-21-18(25)16-12-6-4-5-7-13(12)28-19(16)22-14/h11H,3-10H2,1-2H3,(H,20,24)(H,21,22,25)/t11-/m1/s1. The van der Waals surface area contributed by atoms with E-state index in [4.69, 9.17) is 4.74 Å². The number of aromatic nitrogens is 2. The van der Waals surface area contributed by atoms with E-state index in [0.29, 0.717) is 23.9 Å². The van der Waals surface area contributed by atoms with Crippen LogP contribution in [-0.2, 0) is 32.9 Å². The molecule has 2 N–H and O–H groups in total. The van der Waals surface area contributed by atoms with E-state index in [2.05, 4.69) is 15.3 Å². The third kappa shape index (κ3) is 4.94. The summed E-state index contributed by atoms with van der Waals surface area (Å²) in [6.07, 6.45) is 3.72. The molecule has 1 atom stereocenters. The molecule has 0 aliphatic heterocycles. The van der Waals surface area contributed by atoms with Crippen LogP contribution in [0.4, 0.5) is 0 Å². The smallest absolute Gasteiger partial charge is 0.307 e. The summed E-state index contributed by atoms with van der Waals surface area (Å²) in [7, 11) is 0. The van der Waals surface area contributed by atoms with Gasteiger partial charge in [-0.3, -0.25) is 14.4 Å². The molecule has 7 nitrogen and oxygen atoms in total. The summed E-state index contributed by atoms with van der Waals surface area (Å²) in [5.74, 6) is 0.979. The molecule has 0 aromatic carbocycles. The molecule has 0 unspecified atom stereocenters. The van der Waals surface area contributed by atoms with Crippen LogP contribution in [0, 0.1) is 0 Å². The number of likely N-dealkylation sites (N-methyl/N-ethyl adjacent to an activating group) is 1. The molecule has 9 heteroatoms. The number of H-pyrrole nitrogens is 1. The first-order valence-electron chi connectivity index (χ1n) is 9.58. The normalized spacial score (nSPS) is 14.5. The van der Waals surface area contributed by atoms with Gasteiger partial charge in [-0.2, -0.15) is 11.8 Å². The summed E-state index contributed by atoms with van der Waals surface area (Å²) in [5, 5.41) is 3.38. The number of rotatable bonds is 8. The number of aryl methyl sites for hydroxylation is 2. The van der Waals surface area contributed by atoms with E-state index in [0.717, 1.165) is 29.5 Å². The van der Waals surface area contributed by atoms with Crippen LogP contribution in [0.25, 0.3) is 10.2 Å².